The summed E-state index contributed by atoms with van der Waals surface area (Å²) in [6, 6.07) is 1.76. The maximum Gasteiger partial charge on any atom is 0.338 e. The molecule has 0 amide bonds. The summed E-state index contributed by atoms with van der Waals surface area (Å²) in [5.41, 5.74) is -0.444. The first kappa shape index (κ1) is 14.8. The van der Waals surface area contributed by atoms with E-state index in [-0.39, 0.29) is 11.7 Å². The van der Waals surface area contributed by atoms with E-state index in [1.54, 1.807) is 0 Å². The van der Waals surface area contributed by atoms with Crippen molar-refractivity contribution in [1.82, 2.24) is 0 Å². The van der Waals surface area contributed by atoms with Crippen LogP contribution < -0.4 is 5.32 Å². The molecule has 0 radical (unpaired) electrons. The SMILES string of the molecule is CC1CC(C)CC(Nc2cc(C(=O)O)c(F)cc2F)C1. The third-order valence-corrected chi connectivity index (χ3v) is 3.83. The van der Waals surface area contributed by atoms with Gasteiger partial charge in [0.15, 0.2) is 0 Å². The molecule has 20 heavy (non-hydrogen) atoms. The Hall–Kier alpha value is -1.65. The number of aromatic carboxylic acids is 1. The molecule has 2 unspecified atom stereocenters. The molecular weight excluding hydrogens is 264 g/mol. The highest BCUT2D eigenvalue weighted by Gasteiger charge is 2.25. The van der Waals surface area contributed by atoms with Gasteiger partial charge in [-0.05, 0) is 37.2 Å². The van der Waals surface area contributed by atoms with Crippen molar-refractivity contribution < 1.29 is 18.7 Å². The van der Waals surface area contributed by atoms with Crippen LogP contribution in [0.1, 0.15) is 43.5 Å². The van der Waals surface area contributed by atoms with E-state index in [0.717, 1.165) is 25.3 Å². The van der Waals surface area contributed by atoms with Gasteiger partial charge in [-0.15, -0.1) is 0 Å². The van der Waals surface area contributed by atoms with Crippen molar-refractivity contribution in [1.29, 1.82) is 0 Å². The summed E-state index contributed by atoms with van der Waals surface area (Å²) in [4.78, 5) is 10.9. The zero-order chi connectivity index (χ0) is 14.9. The van der Waals surface area contributed by atoms with Crippen LogP contribution in [0.25, 0.3) is 0 Å². The second kappa shape index (κ2) is 5.77. The Morgan fingerprint density at radius 1 is 1.15 bits per heavy atom. The first-order chi connectivity index (χ1) is 9.36. The number of hydrogen-bond donors (Lipinski definition) is 2. The molecule has 1 saturated carbocycles. The summed E-state index contributed by atoms with van der Waals surface area (Å²) < 4.78 is 27.1. The second-order valence-electron chi connectivity index (χ2n) is 5.88. The van der Waals surface area contributed by atoms with E-state index in [0.29, 0.717) is 17.9 Å². The molecular formula is C15H19F2NO2. The Kier molecular flexibility index (Phi) is 4.26. The predicted molar refractivity (Wildman–Crippen MR) is 72.9 cm³/mol. The van der Waals surface area contributed by atoms with E-state index >= 15 is 0 Å². The van der Waals surface area contributed by atoms with Crippen LogP contribution in [0.5, 0.6) is 0 Å². The van der Waals surface area contributed by atoms with Crippen LogP contribution in [0.3, 0.4) is 0 Å². The van der Waals surface area contributed by atoms with E-state index in [4.69, 9.17) is 5.11 Å². The van der Waals surface area contributed by atoms with Gasteiger partial charge in [0.1, 0.15) is 11.6 Å². The monoisotopic (exact) mass is 283 g/mol. The van der Waals surface area contributed by atoms with Crippen molar-refractivity contribution >= 4 is 11.7 Å². The largest absolute Gasteiger partial charge is 0.478 e. The number of anilines is 1. The van der Waals surface area contributed by atoms with Gasteiger partial charge in [-0.2, -0.15) is 0 Å². The van der Waals surface area contributed by atoms with E-state index < -0.39 is 23.2 Å². The fourth-order valence-electron chi connectivity index (χ4n) is 3.11. The van der Waals surface area contributed by atoms with Crippen molar-refractivity contribution in [2.45, 2.75) is 39.2 Å². The number of carbonyl (C=O) groups is 1. The minimum Gasteiger partial charge on any atom is -0.478 e. The Morgan fingerprint density at radius 3 is 2.30 bits per heavy atom. The molecule has 0 aliphatic heterocycles. The van der Waals surface area contributed by atoms with Crippen LogP contribution in [0.4, 0.5) is 14.5 Å². The van der Waals surface area contributed by atoms with Crippen LogP contribution in [-0.2, 0) is 0 Å². The minimum atomic E-state index is -1.39. The molecule has 2 rings (SSSR count). The molecule has 3 nitrogen and oxygen atoms in total. The number of nitrogens with one attached hydrogen (secondary N) is 1. The van der Waals surface area contributed by atoms with Gasteiger partial charge in [0.2, 0.25) is 0 Å². The number of carboxylic acids is 1. The molecule has 0 bridgehead atoms. The molecule has 0 saturated heterocycles. The smallest absolute Gasteiger partial charge is 0.338 e. The number of carboxylic acid groups (broad SMARTS) is 1. The van der Waals surface area contributed by atoms with E-state index in [2.05, 4.69) is 19.2 Å². The lowest BCUT2D eigenvalue weighted by atomic mass is 9.80. The fourth-order valence-corrected chi connectivity index (χ4v) is 3.11. The molecule has 2 N–H and O–H groups in total. The molecule has 0 heterocycles. The van der Waals surface area contributed by atoms with Gasteiger partial charge in [0.05, 0.1) is 11.3 Å². The Bertz CT molecular complexity index is 509. The lowest BCUT2D eigenvalue weighted by Gasteiger charge is -2.32. The van der Waals surface area contributed by atoms with Gasteiger partial charge in [-0.25, -0.2) is 13.6 Å². The molecule has 0 aromatic heterocycles. The van der Waals surface area contributed by atoms with Crippen LogP contribution in [0.15, 0.2) is 12.1 Å². The first-order valence-electron chi connectivity index (χ1n) is 6.85. The van der Waals surface area contributed by atoms with Gasteiger partial charge in [-0.1, -0.05) is 13.8 Å². The summed E-state index contributed by atoms with van der Waals surface area (Å²) in [6.45, 7) is 4.29. The Labute approximate surface area is 117 Å². The van der Waals surface area contributed by atoms with Gasteiger partial charge in [-0.3, -0.25) is 0 Å². The molecule has 1 fully saturated rings. The van der Waals surface area contributed by atoms with Gasteiger partial charge >= 0.3 is 5.97 Å². The standard InChI is InChI=1S/C15H19F2NO2/c1-8-3-9(2)5-10(4-8)18-14-6-11(15(19)20)12(16)7-13(14)17/h6-10,18H,3-5H2,1-2H3,(H,19,20). The molecule has 5 heteroatoms. The third kappa shape index (κ3) is 3.26. The highest BCUT2D eigenvalue weighted by Crippen LogP contribution is 2.31. The maximum atomic E-state index is 13.7. The number of rotatable bonds is 3. The Balaban J connectivity index is 2.20. The molecule has 1 aliphatic carbocycles. The van der Waals surface area contributed by atoms with Crippen molar-refractivity contribution in [2.24, 2.45) is 11.8 Å². The average Bonchev–Trinajstić information content (AvgIpc) is 2.30. The quantitative estimate of drug-likeness (QED) is 0.884. The first-order valence-corrected chi connectivity index (χ1v) is 6.85. The summed E-state index contributed by atoms with van der Waals surface area (Å²) in [7, 11) is 0. The van der Waals surface area contributed by atoms with Gasteiger partial charge < -0.3 is 10.4 Å². The Morgan fingerprint density at radius 2 is 1.75 bits per heavy atom. The lowest BCUT2D eigenvalue weighted by Crippen LogP contribution is -2.30. The van der Waals surface area contributed by atoms with Crippen LogP contribution in [0.2, 0.25) is 0 Å². The third-order valence-electron chi connectivity index (χ3n) is 3.83. The fraction of sp³-hybridized carbons (Fsp3) is 0.533. The maximum absolute atomic E-state index is 13.7. The van der Waals surface area contributed by atoms with Crippen LogP contribution in [-0.4, -0.2) is 17.1 Å². The van der Waals surface area contributed by atoms with Gasteiger partial charge in [0.25, 0.3) is 0 Å². The number of hydrogen-bond acceptors (Lipinski definition) is 2. The zero-order valence-electron chi connectivity index (χ0n) is 11.6. The van der Waals surface area contributed by atoms with E-state index in [1.807, 2.05) is 0 Å². The van der Waals surface area contributed by atoms with Crippen molar-refractivity contribution in [3.05, 3.63) is 29.3 Å². The van der Waals surface area contributed by atoms with E-state index in [9.17, 15) is 13.6 Å². The van der Waals surface area contributed by atoms with Crippen LogP contribution >= 0.6 is 0 Å². The van der Waals surface area contributed by atoms with Crippen molar-refractivity contribution in [3.63, 3.8) is 0 Å². The molecule has 0 spiro atoms. The highest BCUT2D eigenvalue weighted by atomic mass is 19.1. The van der Waals surface area contributed by atoms with Gasteiger partial charge in [0, 0.05) is 12.1 Å². The molecule has 1 aliphatic rings. The van der Waals surface area contributed by atoms with Crippen molar-refractivity contribution in [2.75, 3.05) is 5.32 Å². The molecule has 1 aromatic rings. The molecule has 1 aromatic carbocycles. The molecule has 2 atom stereocenters. The number of benzene rings is 1. The summed E-state index contributed by atoms with van der Waals surface area (Å²) in [5, 5.41) is 11.9. The summed E-state index contributed by atoms with van der Waals surface area (Å²) in [6.07, 6.45) is 2.96. The van der Waals surface area contributed by atoms with Crippen molar-refractivity contribution in [3.8, 4) is 0 Å². The highest BCUT2D eigenvalue weighted by molar-refractivity contribution is 5.89. The topological polar surface area (TPSA) is 49.3 Å². The summed E-state index contributed by atoms with van der Waals surface area (Å²) in [5.74, 6) is -2.11. The molecule has 110 valence electrons. The lowest BCUT2D eigenvalue weighted by molar-refractivity contribution is 0.0692. The minimum absolute atomic E-state index is 0.0649. The van der Waals surface area contributed by atoms with Crippen LogP contribution in [0, 0.1) is 23.5 Å². The predicted octanol–water partition coefficient (Wildman–Crippen LogP) is 3.90. The average molecular weight is 283 g/mol. The second-order valence-corrected chi connectivity index (χ2v) is 5.88. The van der Waals surface area contributed by atoms with E-state index in [1.165, 1.54) is 0 Å². The summed E-state index contributed by atoms with van der Waals surface area (Å²) >= 11 is 0. The zero-order valence-corrected chi connectivity index (χ0v) is 11.6. The number of halogens is 2. The normalized spacial score (nSPS) is 26.3.